The van der Waals surface area contributed by atoms with Crippen LogP contribution in [-0.2, 0) is 5.75 Å². The van der Waals surface area contributed by atoms with Crippen LogP contribution in [0.1, 0.15) is 29.0 Å². The third-order valence-electron chi connectivity index (χ3n) is 2.76. The van der Waals surface area contributed by atoms with Crippen molar-refractivity contribution in [3.63, 3.8) is 0 Å². The summed E-state index contributed by atoms with van der Waals surface area (Å²) in [6, 6.07) is 9.55. The molecule has 0 bridgehead atoms. The quantitative estimate of drug-likeness (QED) is 0.508. The maximum Gasteiger partial charge on any atom is 0.294 e. The predicted octanol–water partition coefficient (Wildman–Crippen LogP) is 4.31. The third-order valence-corrected chi connectivity index (χ3v) is 5.40. The first-order valence-corrected chi connectivity index (χ1v) is 7.92. The molecule has 1 atom stereocenters. The standard InChI is InChI=1S/C14H15NO3S2/c1-9-4-3-5-11(6-9)8-19-14-12(15(17)18)7-13(20-14)10(2)16/h3-7,10,16H,8H2,1-2H3/t10-/m1/s1. The second kappa shape index (κ2) is 6.39. The number of hydrogen-bond donors (Lipinski definition) is 1. The zero-order valence-electron chi connectivity index (χ0n) is 11.2. The molecule has 2 aromatic rings. The van der Waals surface area contributed by atoms with Crippen molar-refractivity contribution in [2.45, 2.75) is 29.9 Å². The van der Waals surface area contributed by atoms with Gasteiger partial charge in [0.15, 0.2) is 0 Å². The molecule has 0 aliphatic heterocycles. The Morgan fingerprint density at radius 1 is 1.45 bits per heavy atom. The fourth-order valence-electron chi connectivity index (χ4n) is 1.77. The third kappa shape index (κ3) is 3.59. The molecule has 0 amide bonds. The fourth-order valence-corrected chi connectivity index (χ4v) is 4.02. The van der Waals surface area contributed by atoms with Gasteiger partial charge in [0.25, 0.3) is 5.69 Å². The van der Waals surface area contributed by atoms with Gasteiger partial charge in [-0.3, -0.25) is 10.1 Å². The summed E-state index contributed by atoms with van der Waals surface area (Å²) in [7, 11) is 0. The number of rotatable bonds is 5. The molecule has 0 aliphatic rings. The average Bonchev–Trinajstić information content (AvgIpc) is 2.81. The van der Waals surface area contributed by atoms with Crippen LogP contribution in [0.15, 0.2) is 34.5 Å². The lowest BCUT2D eigenvalue weighted by atomic mass is 10.2. The van der Waals surface area contributed by atoms with E-state index in [9.17, 15) is 15.2 Å². The summed E-state index contributed by atoms with van der Waals surface area (Å²) in [6.45, 7) is 3.64. The van der Waals surface area contributed by atoms with E-state index in [-0.39, 0.29) is 10.6 Å². The van der Waals surface area contributed by atoms with E-state index >= 15 is 0 Å². The van der Waals surface area contributed by atoms with E-state index in [0.29, 0.717) is 14.8 Å². The summed E-state index contributed by atoms with van der Waals surface area (Å²) in [6.07, 6.45) is -0.674. The van der Waals surface area contributed by atoms with Crippen LogP contribution in [0.4, 0.5) is 5.69 Å². The summed E-state index contributed by atoms with van der Waals surface area (Å²) < 4.78 is 0.646. The lowest BCUT2D eigenvalue weighted by Gasteiger charge is -2.01. The molecule has 1 aromatic heterocycles. The molecule has 1 N–H and O–H groups in total. The number of nitrogens with zero attached hydrogens (tertiary/aromatic N) is 1. The number of benzene rings is 1. The van der Waals surface area contributed by atoms with E-state index in [2.05, 4.69) is 6.07 Å². The number of aryl methyl sites for hydroxylation is 1. The summed E-state index contributed by atoms with van der Waals surface area (Å²) in [4.78, 5) is 11.3. The molecule has 0 spiro atoms. The predicted molar refractivity (Wildman–Crippen MR) is 82.3 cm³/mol. The molecule has 0 radical (unpaired) electrons. The minimum absolute atomic E-state index is 0.0866. The van der Waals surface area contributed by atoms with E-state index in [1.54, 1.807) is 6.92 Å². The average molecular weight is 309 g/mol. The number of thiophene rings is 1. The smallest absolute Gasteiger partial charge is 0.294 e. The normalized spacial score (nSPS) is 12.3. The molecular weight excluding hydrogens is 294 g/mol. The molecule has 0 fully saturated rings. The Hall–Kier alpha value is -1.37. The first-order chi connectivity index (χ1) is 9.47. The van der Waals surface area contributed by atoms with Gasteiger partial charge >= 0.3 is 0 Å². The molecule has 0 unspecified atom stereocenters. The molecule has 20 heavy (non-hydrogen) atoms. The van der Waals surface area contributed by atoms with Crippen LogP contribution in [0.2, 0.25) is 0 Å². The summed E-state index contributed by atoms with van der Waals surface area (Å²) in [5, 5.41) is 20.6. The van der Waals surface area contributed by atoms with Crippen molar-refractivity contribution in [2.24, 2.45) is 0 Å². The Morgan fingerprint density at radius 3 is 2.80 bits per heavy atom. The lowest BCUT2D eigenvalue weighted by Crippen LogP contribution is -1.88. The van der Waals surface area contributed by atoms with E-state index in [1.165, 1.54) is 34.7 Å². The molecule has 2 rings (SSSR count). The highest BCUT2D eigenvalue weighted by Gasteiger charge is 2.21. The van der Waals surface area contributed by atoms with Gasteiger partial charge in [0.05, 0.1) is 11.0 Å². The summed E-state index contributed by atoms with van der Waals surface area (Å²) in [5.41, 5.74) is 2.40. The monoisotopic (exact) mass is 309 g/mol. The Bertz CT molecular complexity index is 623. The molecule has 1 aromatic carbocycles. The second-order valence-corrected chi connectivity index (χ2v) is 6.86. The first-order valence-electron chi connectivity index (χ1n) is 6.12. The van der Waals surface area contributed by atoms with E-state index in [4.69, 9.17) is 0 Å². The minimum atomic E-state index is -0.674. The molecule has 1 heterocycles. The molecule has 6 heteroatoms. The largest absolute Gasteiger partial charge is 0.388 e. The SMILES string of the molecule is Cc1cccc(CSc2sc([C@@H](C)O)cc2[N+](=O)[O-])c1. The zero-order valence-corrected chi connectivity index (χ0v) is 12.8. The van der Waals surface area contributed by atoms with Gasteiger partial charge in [0, 0.05) is 16.7 Å². The second-order valence-electron chi connectivity index (χ2n) is 4.53. The number of thioether (sulfide) groups is 1. The number of aliphatic hydroxyl groups excluding tert-OH is 1. The number of hydrogen-bond acceptors (Lipinski definition) is 5. The molecule has 4 nitrogen and oxygen atoms in total. The molecule has 106 valence electrons. The fraction of sp³-hybridized carbons (Fsp3) is 0.286. The lowest BCUT2D eigenvalue weighted by molar-refractivity contribution is -0.387. The molecular formula is C14H15NO3S2. The maximum atomic E-state index is 11.0. The highest BCUT2D eigenvalue weighted by atomic mass is 32.2. The van der Waals surface area contributed by atoms with E-state index in [1.807, 2.05) is 25.1 Å². The van der Waals surface area contributed by atoms with Gasteiger partial charge in [0.1, 0.15) is 4.21 Å². The van der Waals surface area contributed by atoms with Crippen molar-refractivity contribution in [3.8, 4) is 0 Å². The Labute approximate surface area is 125 Å². The highest BCUT2D eigenvalue weighted by Crippen LogP contribution is 2.41. The zero-order chi connectivity index (χ0) is 14.7. The van der Waals surface area contributed by atoms with Crippen LogP contribution in [0, 0.1) is 17.0 Å². The van der Waals surface area contributed by atoms with E-state index in [0.717, 1.165) is 5.56 Å². The Balaban J connectivity index is 2.18. The summed E-state index contributed by atoms with van der Waals surface area (Å²) >= 11 is 2.73. The van der Waals surface area contributed by atoms with Gasteiger partial charge in [-0.05, 0) is 19.4 Å². The van der Waals surface area contributed by atoms with Gasteiger partial charge in [0.2, 0.25) is 0 Å². The van der Waals surface area contributed by atoms with Crippen molar-refractivity contribution in [1.82, 2.24) is 0 Å². The topological polar surface area (TPSA) is 63.4 Å². The van der Waals surface area contributed by atoms with Crippen LogP contribution in [0.25, 0.3) is 0 Å². The van der Waals surface area contributed by atoms with E-state index < -0.39 is 6.10 Å². The van der Waals surface area contributed by atoms with Crippen molar-refractivity contribution >= 4 is 28.8 Å². The van der Waals surface area contributed by atoms with Crippen molar-refractivity contribution < 1.29 is 10.0 Å². The number of aliphatic hydroxyl groups is 1. The number of nitro groups is 1. The van der Waals surface area contributed by atoms with Crippen LogP contribution in [-0.4, -0.2) is 10.0 Å². The van der Waals surface area contributed by atoms with Gasteiger partial charge in [-0.1, -0.05) is 29.8 Å². The molecule has 0 saturated carbocycles. The van der Waals surface area contributed by atoms with Crippen LogP contribution >= 0.6 is 23.1 Å². The minimum Gasteiger partial charge on any atom is -0.388 e. The van der Waals surface area contributed by atoms with Crippen molar-refractivity contribution in [3.05, 3.63) is 56.5 Å². The van der Waals surface area contributed by atoms with Gasteiger partial charge in [-0.25, -0.2) is 0 Å². The molecule has 0 aliphatic carbocycles. The van der Waals surface area contributed by atoms with Crippen molar-refractivity contribution in [2.75, 3.05) is 0 Å². The van der Waals surface area contributed by atoms with Crippen LogP contribution < -0.4 is 0 Å². The highest BCUT2D eigenvalue weighted by molar-refractivity contribution is 8.00. The van der Waals surface area contributed by atoms with Crippen molar-refractivity contribution in [1.29, 1.82) is 0 Å². The first kappa shape index (κ1) is 15.0. The Morgan fingerprint density at radius 2 is 2.20 bits per heavy atom. The van der Waals surface area contributed by atoms with Crippen LogP contribution in [0.3, 0.4) is 0 Å². The van der Waals surface area contributed by atoms with Gasteiger partial charge in [-0.15, -0.1) is 23.1 Å². The molecule has 0 saturated heterocycles. The summed E-state index contributed by atoms with van der Waals surface area (Å²) in [5.74, 6) is 0.683. The Kier molecular flexibility index (Phi) is 4.80. The maximum absolute atomic E-state index is 11.0. The van der Waals surface area contributed by atoms with Gasteiger partial charge < -0.3 is 5.11 Å². The van der Waals surface area contributed by atoms with Crippen LogP contribution in [0.5, 0.6) is 0 Å². The van der Waals surface area contributed by atoms with Gasteiger partial charge in [-0.2, -0.15) is 0 Å².